The van der Waals surface area contributed by atoms with Crippen LogP contribution in [0.3, 0.4) is 0 Å². The van der Waals surface area contributed by atoms with Gasteiger partial charge in [0.1, 0.15) is 5.82 Å². The Morgan fingerprint density at radius 2 is 1.62 bits per heavy atom. The van der Waals surface area contributed by atoms with Crippen LogP contribution < -0.4 is 0 Å². The Balaban J connectivity index is 1.49. The van der Waals surface area contributed by atoms with Gasteiger partial charge in [-0.15, -0.1) is 0 Å². The number of benzene rings is 2. The van der Waals surface area contributed by atoms with Gasteiger partial charge < -0.3 is 9.80 Å². The van der Waals surface area contributed by atoms with Gasteiger partial charge in [-0.05, 0) is 43.2 Å². The zero-order valence-electron chi connectivity index (χ0n) is 15.0. The van der Waals surface area contributed by atoms with Crippen molar-refractivity contribution < 1.29 is 14.0 Å². The molecule has 2 aromatic carbocycles. The molecule has 2 aromatic rings. The minimum Gasteiger partial charge on any atom is -0.339 e. The maximum absolute atomic E-state index is 13.2. The molecule has 0 atom stereocenters. The first-order valence-electron chi connectivity index (χ1n) is 8.91. The molecule has 5 heteroatoms. The second-order valence-corrected chi connectivity index (χ2v) is 6.67. The van der Waals surface area contributed by atoms with E-state index in [0.717, 1.165) is 11.1 Å². The van der Waals surface area contributed by atoms with Crippen molar-refractivity contribution in [2.45, 2.75) is 19.8 Å². The normalized spacial score (nSPS) is 14.4. The molecule has 0 aromatic heterocycles. The average Bonchev–Trinajstić information content (AvgIpc) is 2.66. The third-order valence-corrected chi connectivity index (χ3v) is 4.73. The Morgan fingerprint density at radius 1 is 0.962 bits per heavy atom. The molecule has 0 bridgehead atoms. The molecule has 4 nitrogen and oxygen atoms in total. The van der Waals surface area contributed by atoms with Crippen molar-refractivity contribution in [3.8, 4) is 0 Å². The average molecular weight is 354 g/mol. The van der Waals surface area contributed by atoms with Crippen molar-refractivity contribution in [1.82, 2.24) is 9.80 Å². The predicted octanol–water partition coefficient (Wildman–Crippen LogP) is 3.05. The second-order valence-electron chi connectivity index (χ2n) is 6.67. The smallest absolute Gasteiger partial charge is 0.253 e. The molecule has 1 fully saturated rings. The van der Waals surface area contributed by atoms with Crippen LogP contribution in [0.15, 0.2) is 48.5 Å². The summed E-state index contributed by atoms with van der Waals surface area (Å²) in [7, 11) is 0. The lowest BCUT2D eigenvalue weighted by atomic mass is 10.1. The Hall–Kier alpha value is -2.69. The number of piperazine rings is 1. The fourth-order valence-electron chi connectivity index (χ4n) is 3.14. The molecule has 2 amide bonds. The van der Waals surface area contributed by atoms with Gasteiger partial charge in [0.05, 0.1) is 0 Å². The molecule has 0 unspecified atom stereocenters. The van der Waals surface area contributed by atoms with Gasteiger partial charge in [-0.2, -0.15) is 0 Å². The minimum atomic E-state index is -0.279. The second kappa shape index (κ2) is 8.13. The Morgan fingerprint density at radius 3 is 2.27 bits per heavy atom. The number of carbonyl (C=O) groups is 2. The van der Waals surface area contributed by atoms with Crippen molar-refractivity contribution in [2.75, 3.05) is 26.2 Å². The fourth-order valence-corrected chi connectivity index (χ4v) is 3.14. The molecule has 26 heavy (non-hydrogen) atoms. The van der Waals surface area contributed by atoms with Crippen LogP contribution >= 0.6 is 0 Å². The van der Waals surface area contributed by atoms with Gasteiger partial charge in [0.25, 0.3) is 5.91 Å². The molecule has 136 valence electrons. The topological polar surface area (TPSA) is 40.6 Å². The summed E-state index contributed by atoms with van der Waals surface area (Å²) in [6, 6.07) is 13.9. The van der Waals surface area contributed by atoms with Gasteiger partial charge in [-0.3, -0.25) is 9.59 Å². The fraction of sp³-hybridized carbons (Fsp3) is 0.333. The van der Waals surface area contributed by atoms with Crippen LogP contribution in [0.1, 0.15) is 27.9 Å². The molecule has 0 aliphatic carbocycles. The van der Waals surface area contributed by atoms with Crippen molar-refractivity contribution in [3.05, 3.63) is 71.0 Å². The summed E-state index contributed by atoms with van der Waals surface area (Å²) in [5.41, 5.74) is 2.63. The number of amides is 2. The molecular weight excluding hydrogens is 331 g/mol. The number of aryl methyl sites for hydroxylation is 2. The monoisotopic (exact) mass is 354 g/mol. The van der Waals surface area contributed by atoms with Crippen LogP contribution in [-0.4, -0.2) is 47.8 Å². The number of hydrogen-bond donors (Lipinski definition) is 0. The van der Waals surface area contributed by atoms with Crippen molar-refractivity contribution in [3.63, 3.8) is 0 Å². The zero-order chi connectivity index (χ0) is 18.5. The van der Waals surface area contributed by atoms with E-state index in [1.165, 1.54) is 12.1 Å². The first kappa shape index (κ1) is 18.1. The summed E-state index contributed by atoms with van der Waals surface area (Å²) in [6.07, 6.45) is 0.883. The quantitative estimate of drug-likeness (QED) is 0.847. The highest BCUT2D eigenvalue weighted by molar-refractivity contribution is 5.94. The Kier molecular flexibility index (Phi) is 5.66. The zero-order valence-corrected chi connectivity index (χ0v) is 15.0. The van der Waals surface area contributed by atoms with Crippen LogP contribution in [0.5, 0.6) is 0 Å². The van der Waals surface area contributed by atoms with Crippen molar-refractivity contribution in [1.29, 1.82) is 0 Å². The summed E-state index contributed by atoms with van der Waals surface area (Å²) < 4.78 is 13.2. The lowest BCUT2D eigenvalue weighted by Gasteiger charge is -2.35. The summed E-state index contributed by atoms with van der Waals surface area (Å²) in [5, 5.41) is 0. The molecule has 0 spiro atoms. The summed E-state index contributed by atoms with van der Waals surface area (Å²) in [4.78, 5) is 28.5. The molecule has 0 saturated carbocycles. The van der Waals surface area contributed by atoms with Gasteiger partial charge in [0.2, 0.25) is 5.91 Å². The lowest BCUT2D eigenvalue weighted by molar-refractivity contribution is -0.132. The van der Waals surface area contributed by atoms with Crippen LogP contribution in [0, 0.1) is 12.7 Å². The van der Waals surface area contributed by atoms with E-state index >= 15 is 0 Å². The number of nitrogens with zero attached hydrogens (tertiary/aromatic N) is 2. The first-order chi connectivity index (χ1) is 12.5. The first-order valence-corrected chi connectivity index (χ1v) is 8.91. The van der Waals surface area contributed by atoms with E-state index in [1.807, 2.05) is 37.3 Å². The third kappa shape index (κ3) is 4.48. The maximum atomic E-state index is 13.2. The molecule has 0 N–H and O–H groups in total. The highest BCUT2D eigenvalue weighted by atomic mass is 19.1. The van der Waals surface area contributed by atoms with Crippen molar-refractivity contribution >= 4 is 11.8 Å². The van der Waals surface area contributed by atoms with Crippen LogP contribution in [-0.2, 0) is 11.2 Å². The van der Waals surface area contributed by atoms with Crippen LogP contribution in [0.4, 0.5) is 4.39 Å². The van der Waals surface area contributed by atoms with Gasteiger partial charge in [0.15, 0.2) is 0 Å². The largest absolute Gasteiger partial charge is 0.339 e. The summed E-state index contributed by atoms with van der Waals surface area (Å²) >= 11 is 0. The number of rotatable bonds is 4. The number of hydrogen-bond acceptors (Lipinski definition) is 2. The molecule has 3 rings (SSSR count). The van der Waals surface area contributed by atoms with E-state index in [4.69, 9.17) is 0 Å². The summed E-state index contributed by atoms with van der Waals surface area (Å²) in [6.45, 7) is 4.15. The predicted molar refractivity (Wildman–Crippen MR) is 98.4 cm³/mol. The van der Waals surface area contributed by atoms with E-state index in [-0.39, 0.29) is 17.6 Å². The molecule has 1 aliphatic rings. The van der Waals surface area contributed by atoms with E-state index in [1.54, 1.807) is 15.9 Å². The number of halogens is 1. The summed E-state index contributed by atoms with van der Waals surface area (Å²) in [5.74, 6) is -0.216. The molecule has 1 aliphatic heterocycles. The van der Waals surface area contributed by atoms with E-state index in [2.05, 4.69) is 0 Å². The van der Waals surface area contributed by atoms with Gasteiger partial charge >= 0.3 is 0 Å². The lowest BCUT2D eigenvalue weighted by Crippen LogP contribution is -2.50. The van der Waals surface area contributed by atoms with Crippen LogP contribution in [0.2, 0.25) is 0 Å². The SMILES string of the molecule is Cc1ccc(C(=O)N2CCN(C(=O)CCc3cccc(F)c3)CC2)cc1. The van der Waals surface area contributed by atoms with Gasteiger partial charge in [-0.25, -0.2) is 4.39 Å². The highest BCUT2D eigenvalue weighted by Crippen LogP contribution is 2.12. The van der Waals surface area contributed by atoms with Gasteiger partial charge in [-0.1, -0.05) is 29.8 Å². The van der Waals surface area contributed by atoms with Gasteiger partial charge in [0, 0.05) is 38.2 Å². The highest BCUT2D eigenvalue weighted by Gasteiger charge is 2.24. The van der Waals surface area contributed by atoms with Crippen LogP contribution in [0.25, 0.3) is 0 Å². The van der Waals surface area contributed by atoms with E-state index < -0.39 is 0 Å². The van der Waals surface area contributed by atoms with E-state index in [0.29, 0.717) is 44.6 Å². The molecular formula is C21H23FN2O2. The third-order valence-electron chi connectivity index (χ3n) is 4.73. The Bertz CT molecular complexity index is 781. The standard InChI is InChI=1S/C21H23FN2O2/c1-16-5-8-18(9-6-16)21(26)24-13-11-23(12-14-24)20(25)10-7-17-3-2-4-19(22)15-17/h2-6,8-9,15H,7,10-14H2,1H3. The maximum Gasteiger partial charge on any atom is 0.253 e. The molecule has 1 heterocycles. The molecule has 0 radical (unpaired) electrons. The Labute approximate surface area is 153 Å². The minimum absolute atomic E-state index is 0.0110. The molecule has 1 saturated heterocycles. The van der Waals surface area contributed by atoms with Crippen molar-refractivity contribution in [2.24, 2.45) is 0 Å². The van der Waals surface area contributed by atoms with E-state index in [9.17, 15) is 14.0 Å². The number of carbonyl (C=O) groups excluding carboxylic acids is 2.